The summed E-state index contributed by atoms with van der Waals surface area (Å²) in [6, 6.07) is 15.8. The normalized spacial score (nSPS) is 19.8. The van der Waals surface area contributed by atoms with Gasteiger partial charge < -0.3 is 29.8 Å². The Kier molecular flexibility index (Phi) is 7.65. The standard InChI is InChI=1S/C27H31N5O5/c33-24(34)17-18-1-3-19(4-2-18)20-5-7-21(8-6-20)28-25(35)26-30-31-27(37-26)29-22-9-11-23(12-10-22)32-13-15-36-16-14-32/h5-12,18-19H,1-4,13-17H2,(H,28,35)(H,29,31)(H,33,34). The van der Waals surface area contributed by atoms with Crippen LogP contribution in [0.5, 0.6) is 0 Å². The maximum absolute atomic E-state index is 12.6. The summed E-state index contributed by atoms with van der Waals surface area (Å²) in [5, 5.41) is 22.6. The lowest BCUT2D eigenvalue weighted by Crippen LogP contribution is -2.36. The monoisotopic (exact) mass is 505 g/mol. The topological polar surface area (TPSA) is 130 Å². The van der Waals surface area contributed by atoms with Crippen molar-refractivity contribution in [3.8, 4) is 0 Å². The Hall–Kier alpha value is -3.92. The van der Waals surface area contributed by atoms with Crippen molar-refractivity contribution in [2.24, 2.45) is 5.92 Å². The Morgan fingerprint density at radius 2 is 1.59 bits per heavy atom. The fourth-order valence-corrected chi connectivity index (χ4v) is 5.04. The van der Waals surface area contributed by atoms with Gasteiger partial charge in [0.25, 0.3) is 0 Å². The fourth-order valence-electron chi connectivity index (χ4n) is 5.04. The van der Waals surface area contributed by atoms with Crippen LogP contribution in [-0.2, 0) is 9.53 Å². The molecule has 3 aromatic rings. The average molecular weight is 506 g/mol. The molecule has 5 rings (SSSR count). The van der Waals surface area contributed by atoms with E-state index in [0.717, 1.165) is 63.4 Å². The van der Waals surface area contributed by atoms with Gasteiger partial charge in [0, 0.05) is 36.6 Å². The third kappa shape index (κ3) is 6.45. The number of nitrogens with zero attached hydrogens (tertiary/aromatic N) is 3. The summed E-state index contributed by atoms with van der Waals surface area (Å²) in [4.78, 5) is 25.8. The number of morpholine rings is 1. The zero-order valence-electron chi connectivity index (χ0n) is 20.6. The first-order valence-electron chi connectivity index (χ1n) is 12.7. The van der Waals surface area contributed by atoms with Crippen LogP contribution in [0.15, 0.2) is 52.9 Å². The number of carbonyl (C=O) groups is 2. The maximum atomic E-state index is 12.6. The molecule has 1 aromatic heterocycles. The zero-order valence-corrected chi connectivity index (χ0v) is 20.6. The van der Waals surface area contributed by atoms with Crippen molar-refractivity contribution in [3.05, 3.63) is 60.0 Å². The molecule has 0 unspecified atom stereocenters. The van der Waals surface area contributed by atoms with E-state index in [4.69, 9.17) is 14.3 Å². The number of hydrogen-bond donors (Lipinski definition) is 3. The van der Waals surface area contributed by atoms with Gasteiger partial charge in [-0.1, -0.05) is 17.2 Å². The number of anilines is 4. The van der Waals surface area contributed by atoms with E-state index in [2.05, 4.69) is 25.7 Å². The van der Waals surface area contributed by atoms with Crippen LogP contribution >= 0.6 is 0 Å². The second kappa shape index (κ2) is 11.4. The van der Waals surface area contributed by atoms with E-state index >= 15 is 0 Å². The summed E-state index contributed by atoms with van der Waals surface area (Å²) in [7, 11) is 0. The molecule has 10 nitrogen and oxygen atoms in total. The van der Waals surface area contributed by atoms with Crippen molar-refractivity contribution in [3.63, 3.8) is 0 Å². The molecule has 0 atom stereocenters. The number of ether oxygens (including phenoxy) is 1. The number of aromatic nitrogens is 2. The summed E-state index contributed by atoms with van der Waals surface area (Å²) in [6.07, 6.45) is 4.09. The lowest BCUT2D eigenvalue weighted by Gasteiger charge is -2.28. The Bertz CT molecular complexity index is 1200. The number of benzene rings is 2. The van der Waals surface area contributed by atoms with Crippen LogP contribution in [0.1, 0.15) is 54.3 Å². The number of rotatable bonds is 8. The van der Waals surface area contributed by atoms with Crippen LogP contribution in [0.3, 0.4) is 0 Å². The number of nitrogens with one attached hydrogen (secondary N) is 2. The summed E-state index contributed by atoms with van der Waals surface area (Å²) in [6.45, 7) is 3.20. The van der Waals surface area contributed by atoms with Crippen molar-refractivity contribution in [1.82, 2.24) is 10.2 Å². The van der Waals surface area contributed by atoms with Crippen LogP contribution in [0.2, 0.25) is 0 Å². The first-order chi connectivity index (χ1) is 18.0. The van der Waals surface area contributed by atoms with Gasteiger partial charge in [-0.15, -0.1) is 5.10 Å². The van der Waals surface area contributed by atoms with Crippen LogP contribution in [-0.4, -0.2) is 53.5 Å². The highest BCUT2D eigenvalue weighted by atomic mass is 16.5. The Labute approximate surface area is 215 Å². The number of amides is 1. The van der Waals surface area contributed by atoms with Gasteiger partial charge in [-0.05, 0) is 79.5 Å². The van der Waals surface area contributed by atoms with Crippen molar-refractivity contribution in [2.45, 2.75) is 38.0 Å². The minimum absolute atomic E-state index is 0.131. The molecule has 0 radical (unpaired) electrons. The third-order valence-electron chi connectivity index (χ3n) is 7.06. The Morgan fingerprint density at radius 3 is 2.27 bits per heavy atom. The minimum Gasteiger partial charge on any atom is -0.481 e. The first kappa shape index (κ1) is 24.8. The molecule has 2 aromatic carbocycles. The van der Waals surface area contributed by atoms with Gasteiger partial charge in [0.2, 0.25) is 0 Å². The molecule has 0 bridgehead atoms. The van der Waals surface area contributed by atoms with Gasteiger partial charge in [0.05, 0.1) is 13.2 Å². The van der Waals surface area contributed by atoms with Crippen molar-refractivity contribution >= 4 is 35.0 Å². The van der Waals surface area contributed by atoms with Crippen molar-refractivity contribution < 1.29 is 23.8 Å². The van der Waals surface area contributed by atoms with Gasteiger partial charge in [-0.3, -0.25) is 9.59 Å². The summed E-state index contributed by atoms with van der Waals surface area (Å²) in [5.74, 6) is -0.637. The molecule has 2 fully saturated rings. The number of carboxylic acid groups (broad SMARTS) is 1. The first-order valence-corrected chi connectivity index (χ1v) is 12.7. The SMILES string of the molecule is O=C(O)CC1CCC(c2ccc(NC(=O)c3nnc(Nc4ccc(N5CCOCC5)cc4)o3)cc2)CC1. The third-order valence-corrected chi connectivity index (χ3v) is 7.06. The molecular formula is C27H31N5O5. The molecule has 1 amide bonds. The van der Waals surface area contributed by atoms with Crippen LogP contribution < -0.4 is 15.5 Å². The van der Waals surface area contributed by atoms with Crippen LogP contribution in [0.4, 0.5) is 23.1 Å². The largest absolute Gasteiger partial charge is 0.481 e. The molecule has 10 heteroatoms. The van der Waals surface area contributed by atoms with Gasteiger partial charge in [0.15, 0.2) is 0 Å². The van der Waals surface area contributed by atoms with Crippen molar-refractivity contribution in [1.29, 1.82) is 0 Å². The van der Waals surface area contributed by atoms with E-state index in [1.807, 2.05) is 48.5 Å². The highest BCUT2D eigenvalue weighted by Crippen LogP contribution is 2.37. The minimum atomic E-state index is -0.717. The van der Waals surface area contributed by atoms with Gasteiger partial charge >= 0.3 is 23.8 Å². The molecule has 194 valence electrons. The van der Waals surface area contributed by atoms with Gasteiger partial charge in [-0.2, -0.15) is 0 Å². The molecule has 37 heavy (non-hydrogen) atoms. The maximum Gasteiger partial charge on any atom is 0.320 e. The van der Waals surface area contributed by atoms with E-state index < -0.39 is 11.9 Å². The molecular weight excluding hydrogens is 474 g/mol. The van der Waals surface area contributed by atoms with E-state index in [-0.39, 0.29) is 24.2 Å². The molecule has 3 N–H and O–H groups in total. The summed E-state index contributed by atoms with van der Waals surface area (Å²) in [5.41, 5.74) is 3.74. The second-order valence-electron chi connectivity index (χ2n) is 9.58. The Balaban J connectivity index is 1.12. The predicted octanol–water partition coefficient (Wildman–Crippen LogP) is 4.65. The quantitative estimate of drug-likeness (QED) is 0.400. The van der Waals surface area contributed by atoms with E-state index in [1.54, 1.807) is 0 Å². The molecule has 1 aliphatic heterocycles. The van der Waals surface area contributed by atoms with Crippen LogP contribution in [0.25, 0.3) is 0 Å². The number of carbonyl (C=O) groups excluding carboxylic acids is 1. The van der Waals surface area contributed by atoms with Crippen molar-refractivity contribution in [2.75, 3.05) is 41.8 Å². The lowest BCUT2D eigenvalue weighted by atomic mass is 9.77. The molecule has 1 saturated heterocycles. The van der Waals surface area contributed by atoms with Gasteiger partial charge in [0.1, 0.15) is 0 Å². The Morgan fingerprint density at radius 1 is 0.919 bits per heavy atom. The fraction of sp³-hybridized carbons (Fsp3) is 0.407. The predicted molar refractivity (Wildman–Crippen MR) is 138 cm³/mol. The average Bonchev–Trinajstić information content (AvgIpc) is 3.39. The highest BCUT2D eigenvalue weighted by Gasteiger charge is 2.24. The second-order valence-corrected chi connectivity index (χ2v) is 9.58. The smallest absolute Gasteiger partial charge is 0.320 e. The molecule has 1 aliphatic carbocycles. The van der Waals surface area contributed by atoms with E-state index in [1.165, 1.54) is 5.56 Å². The number of hydrogen-bond acceptors (Lipinski definition) is 8. The summed E-state index contributed by atoms with van der Waals surface area (Å²) < 4.78 is 10.9. The molecule has 0 spiro atoms. The van der Waals surface area contributed by atoms with Crippen LogP contribution in [0, 0.1) is 5.92 Å². The number of aliphatic carboxylic acids is 1. The number of carboxylic acids is 1. The molecule has 2 heterocycles. The van der Waals surface area contributed by atoms with E-state index in [9.17, 15) is 9.59 Å². The van der Waals surface area contributed by atoms with Gasteiger partial charge in [-0.25, -0.2) is 0 Å². The van der Waals surface area contributed by atoms with E-state index in [0.29, 0.717) is 11.6 Å². The highest BCUT2D eigenvalue weighted by molar-refractivity contribution is 6.00. The molecule has 2 aliphatic rings. The summed E-state index contributed by atoms with van der Waals surface area (Å²) >= 11 is 0. The lowest BCUT2D eigenvalue weighted by molar-refractivity contribution is -0.138. The zero-order chi connectivity index (χ0) is 25.6. The molecule has 1 saturated carbocycles.